The molecule has 0 bridgehead atoms. The topological polar surface area (TPSA) is 12.5 Å². The zero-order valence-corrected chi connectivity index (χ0v) is 11.5. The number of rotatable bonds is 5. The second-order valence-electron chi connectivity index (χ2n) is 4.64. The van der Waals surface area contributed by atoms with Crippen molar-refractivity contribution in [2.75, 3.05) is 26.5 Å². The third-order valence-electron chi connectivity index (χ3n) is 3.41. The summed E-state index contributed by atoms with van der Waals surface area (Å²) in [6.07, 6.45) is 2.73. The van der Waals surface area contributed by atoms with Crippen LogP contribution in [0.2, 0.25) is 0 Å². The molecule has 2 rings (SSSR count). The Morgan fingerprint density at radius 2 is 2.12 bits per heavy atom. The number of likely N-dealkylation sites (tertiary alicyclic amines) is 1. The molecule has 0 amide bonds. The average molecular weight is 251 g/mol. The van der Waals surface area contributed by atoms with Crippen LogP contribution in [0.25, 0.3) is 0 Å². The van der Waals surface area contributed by atoms with Gasteiger partial charge in [0.2, 0.25) is 0 Å². The summed E-state index contributed by atoms with van der Waals surface area (Å²) < 4.78 is 5.16. The molecule has 1 aromatic carbocycles. The van der Waals surface area contributed by atoms with E-state index >= 15 is 0 Å². The molecule has 17 heavy (non-hydrogen) atoms. The Balaban J connectivity index is 1.73. The Morgan fingerprint density at radius 3 is 2.71 bits per heavy atom. The summed E-state index contributed by atoms with van der Waals surface area (Å²) in [5.41, 5.74) is 1.39. The predicted molar refractivity (Wildman–Crippen MR) is 74.8 cm³/mol. The lowest BCUT2D eigenvalue weighted by Crippen LogP contribution is -2.26. The van der Waals surface area contributed by atoms with Gasteiger partial charge in [0.25, 0.3) is 0 Å². The third-order valence-corrected chi connectivity index (χ3v) is 4.57. The standard InChI is InChI=1S/C14H21NOS/c1-15-9-3-4-13(15)11-17-10-12-5-7-14(16-2)8-6-12/h5-8,13H,3-4,9-11H2,1-2H3/t13-/m0/s1. The van der Waals surface area contributed by atoms with Crippen LogP contribution in [0, 0.1) is 0 Å². The highest BCUT2D eigenvalue weighted by Crippen LogP contribution is 2.22. The van der Waals surface area contributed by atoms with Gasteiger partial charge in [-0.1, -0.05) is 12.1 Å². The molecular formula is C14H21NOS. The van der Waals surface area contributed by atoms with Crippen LogP contribution in [0.3, 0.4) is 0 Å². The molecule has 0 radical (unpaired) electrons. The molecule has 1 fully saturated rings. The smallest absolute Gasteiger partial charge is 0.118 e. The second kappa shape index (κ2) is 6.31. The predicted octanol–water partition coefficient (Wildman–Crippen LogP) is 3.02. The van der Waals surface area contributed by atoms with Crippen molar-refractivity contribution in [3.05, 3.63) is 29.8 Å². The first-order valence-corrected chi connectivity index (χ1v) is 7.36. The second-order valence-corrected chi connectivity index (χ2v) is 5.67. The molecule has 2 nitrogen and oxygen atoms in total. The maximum Gasteiger partial charge on any atom is 0.118 e. The van der Waals surface area contributed by atoms with Gasteiger partial charge in [0.1, 0.15) is 5.75 Å². The summed E-state index contributed by atoms with van der Waals surface area (Å²) in [4.78, 5) is 2.49. The van der Waals surface area contributed by atoms with Gasteiger partial charge < -0.3 is 9.64 Å². The monoisotopic (exact) mass is 251 g/mol. The summed E-state index contributed by atoms with van der Waals surface area (Å²) in [6, 6.07) is 9.18. The molecule has 1 heterocycles. The molecule has 1 aromatic rings. The summed E-state index contributed by atoms with van der Waals surface area (Å²) >= 11 is 2.04. The van der Waals surface area contributed by atoms with Gasteiger partial charge in [-0.25, -0.2) is 0 Å². The Bertz CT molecular complexity index is 339. The van der Waals surface area contributed by atoms with Gasteiger partial charge in [-0.2, -0.15) is 11.8 Å². The first-order valence-electron chi connectivity index (χ1n) is 6.20. The van der Waals surface area contributed by atoms with E-state index in [2.05, 4.69) is 24.1 Å². The van der Waals surface area contributed by atoms with Gasteiger partial charge >= 0.3 is 0 Å². The number of methoxy groups -OCH3 is 1. The van der Waals surface area contributed by atoms with E-state index in [4.69, 9.17) is 4.74 Å². The molecule has 1 aliphatic heterocycles. The Labute approximate surface area is 108 Å². The Morgan fingerprint density at radius 1 is 1.35 bits per heavy atom. The number of benzene rings is 1. The van der Waals surface area contributed by atoms with Crippen molar-refractivity contribution < 1.29 is 4.74 Å². The van der Waals surface area contributed by atoms with E-state index in [0.29, 0.717) is 0 Å². The average Bonchev–Trinajstić information content (AvgIpc) is 2.76. The zero-order chi connectivity index (χ0) is 12.1. The fourth-order valence-corrected chi connectivity index (χ4v) is 3.46. The molecule has 0 unspecified atom stereocenters. The van der Waals surface area contributed by atoms with Crippen LogP contribution in [-0.4, -0.2) is 37.4 Å². The van der Waals surface area contributed by atoms with Gasteiger partial charge in [-0.05, 0) is 44.1 Å². The van der Waals surface area contributed by atoms with Crippen molar-refractivity contribution in [1.82, 2.24) is 4.90 Å². The van der Waals surface area contributed by atoms with Crippen molar-refractivity contribution in [1.29, 1.82) is 0 Å². The van der Waals surface area contributed by atoms with E-state index in [0.717, 1.165) is 17.5 Å². The van der Waals surface area contributed by atoms with Crippen LogP contribution in [0.1, 0.15) is 18.4 Å². The minimum atomic E-state index is 0.790. The van der Waals surface area contributed by atoms with Crippen molar-refractivity contribution in [2.45, 2.75) is 24.6 Å². The fraction of sp³-hybridized carbons (Fsp3) is 0.571. The normalized spacial score (nSPS) is 20.7. The molecule has 0 saturated carbocycles. The van der Waals surface area contributed by atoms with Crippen LogP contribution in [0.5, 0.6) is 5.75 Å². The van der Waals surface area contributed by atoms with Gasteiger partial charge in [-0.15, -0.1) is 0 Å². The van der Waals surface area contributed by atoms with Crippen LogP contribution in [-0.2, 0) is 5.75 Å². The van der Waals surface area contributed by atoms with E-state index in [1.54, 1.807) is 7.11 Å². The van der Waals surface area contributed by atoms with Crippen LogP contribution in [0.15, 0.2) is 24.3 Å². The molecule has 0 spiro atoms. The Kier molecular flexibility index (Phi) is 4.75. The van der Waals surface area contributed by atoms with Crippen molar-refractivity contribution in [3.63, 3.8) is 0 Å². The quantitative estimate of drug-likeness (QED) is 0.798. The summed E-state index contributed by atoms with van der Waals surface area (Å²) in [7, 11) is 3.95. The highest BCUT2D eigenvalue weighted by atomic mass is 32.2. The minimum Gasteiger partial charge on any atom is -0.497 e. The number of ether oxygens (including phenoxy) is 1. The summed E-state index contributed by atoms with van der Waals surface area (Å²) in [5, 5.41) is 0. The SMILES string of the molecule is COc1ccc(CSC[C@@H]2CCCN2C)cc1. The number of nitrogens with zero attached hydrogens (tertiary/aromatic N) is 1. The summed E-state index contributed by atoms with van der Waals surface area (Å²) in [5.74, 6) is 3.30. The molecule has 0 N–H and O–H groups in total. The van der Waals surface area contributed by atoms with Gasteiger partial charge in [0, 0.05) is 17.5 Å². The lowest BCUT2D eigenvalue weighted by atomic mass is 10.2. The van der Waals surface area contributed by atoms with E-state index in [9.17, 15) is 0 Å². The molecule has 1 aliphatic rings. The molecular weight excluding hydrogens is 230 g/mol. The highest BCUT2D eigenvalue weighted by Gasteiger charge is 2.20. The van der Waals surface area contributed by atoms with E-state index in [-0.39, 0.29) is 0 Å². The minimum absolute atomic E-state index is 0.790. The third kappa shape index (κ3) is 3.65. The number of hydrogen-bond donors (Lipinski definition) is 0. The van der Waals surface area contributed by atoms with Crippen molar-refractivity contribution >= 4 is 11.8 Å². The number of thioether (sulfide) groups is 1. The van der Waals surface area contributed by atoms with Crippen LogP contribution < -0.4 is 4.74 Å². The fourth-order valence-electron chi connectivity index (χ4n) is 2.22. The maximum absolute atomic E-state index is 5.16. The van der Waals surface area contributed by atoms with Crippen molar-refractivity contribution in [3.8, 4) is 5.75 Å². The van der Waals surface area contributed by atoms with Gasteiger partial charge in [-0.3, -0.25) is 0 Å². The molecule has 3 heteroatoms. The largest absolute Gasteiger partial charge is 0.497 e. The lowest BCUT2D eigenvalue weighted by molar-refractivity contribution is 0.335. The van der Waals surface area contributed by atoms with Crippen LogP contribution >= 0.6 is 11.8 Å². The first-order chi connectivity index (χ1) is 8.29. The van der Waals surface area contributed by atoms with Gasteiger partial charge in [0.15, 0.2) is 0 Å². The van der Waals surface area contributed by atoms with Crippen LogP contribution in [0.4, 0.5) is 0 Å². The maximum atomic E-state index is 5.16. The molecule has 1 saturated heterocycles. The Hall–Kier alpha value is -0.670. The zero-order valence-electron chi connectivity index (χ0n) is 10.7. The highest BCUT2D eigenvalue weighted by molar-refractivity contribution is 7.98. The number of hydrogen-bond acceptors (Lipinski definition) is 3. The first kappa shape index (κ1) is 12.8. The molecule has 0 aromatic heterocycles. The molecule has 0 aliphatic carbocycles. The van der Waals surface area contributed by atoms with E-state index in [1.807, 2.05) is 23.9 Å². The summed E-state index contributed by atoms with van der Waals surface area (Å²) in [6.45, 7) is 1.27. The molecule has 1 atom stereocenters. The molecule has 94 valence electrons. The lowest BCUT2D eigenvalue weighted by Gasteiger charge is -2.18. The van der Waals surface area contributed by atoms with E-state index < -0.39 is 0 Å². The van der Waals surface area contributed by atoms with Crippen molar-refractivity contribution in [2.24, 2.45) is 0 Å². The van der Waals surface area contributed by atoms with Gasteiger partial charge in [0.05, 0.1) is 7.11 Å². The van der Waals surface area contributed by atoms with E-state index in [1.165, 1.54) is 30.7 Å².